The van der Waals surface area contributed by atoms with Crippen LogP contribution in [-0.4, -0.2) is 18.5 Å². The van der Waals surface area contributed by atoms with E-state index >= 15 is 0 Å². The van der Waals surface area contributed by atoms with Gasteiger partial charge in [-0.25, -0.2) is 0 Å². The van der Waals surface area contributed by atoms with Gasteiger partial charge in [-0.05, 0) is 36.9 Å². The van der Waals surface area contributed by atoms with E-state index in [1.54, 1.807) is 0 Å². The Morgan fingerprint density at radius 2 is 2.18 bits per heavy atom. The largest absolute Gasteiger partial charge is 0.351 e. The molecule has 1 aliphatic rings. The third-order valence-electron chi connectivity index (χ3n) is 3.33. The number of amides is 1. The summed E-state index contributed by atoms with van der Waals surface area (Å²) >= 11 is 0. The maximum atomic E-state index is 11.8. The molecular weight excluding hydrogens is 212 g/mol. The molecular formula is C14H20N2O. The van der Waals surface area contributed by atoms with Crippen molar-refractivity contribution in [1.82, 2.24) is 10.6 Å². The average Bonchev–Trinajstić information content (AvgIpc) is 2.90. The van der Waals surface area contributed by atoms with Crippen molar-refractivity contribution in [2.24, 2.45) is 0 Å². The summed E-state index contributed by atoms with van der Waals surface area (Å²) in [4.78, 5) is 11.8. The molecule has 1 heterocycles. The lowest BCUT2D eigenvalue weighted by Gasteiger charge is -2.12. The van der Waals surface area contributed by atoms with Crippen molar-refractivity contribution in [2.75, 3.05) is 6.54 Å². The Bertz CT molecular complexity index is 384. The molecule has 3 nitrogen and oxygen atoms in total. The third-order valence-corrected chi connectivity index (χ3v) is 3.33. The van der Waals surface area contributed by atoms with Crippen molar-refractivity contribution >= 4 is 5.91 Å². The monoisotopic (exact) mass is 232 g/mol. The van der Waals surface area contributed by atoms with Crippen LogP contribution in [0.4, 0.5) is 0 Å². The molecule has 2 N–H and O–H groups in total. The summed E-state index contributed by atoms with van der Waals surface area (Å²) in [5, 5.41) is 6.22. The first-order valence-corrected chi connectivity index (χ1v) is 6.39. The topological polar surface area (TPSA) is 41.1 Å². The maximum absolute atomic E-state index is 11.8. The Labute approximate surface area is 103 Å². The molecule has 0 aliphatic carbocycles. The lowest BCUT2D eigenvalue weighted by atomic mass is 10.1. The molecule has 17 heavy (non-hydrogen) atoms. The van der Waals surface area contributed by atoms with Crippen LogP contribution in [0.25, 0.3) is 0 Å². The summed E-state index contributed by atoms with van der Waals surface area (Å²) in [6.45, 7) is 3.74. The van der Waals surface area contributed by atoms with E-state index in [4.69, 9.17) is 0 Å². The van der Waals surface area contributed by atoms with Gasteiger partial charge in [-0.1, -0.05) is 31.2 Å². The van der Waals surface area contributed by atoms with Crippen LogP contribution in [0.1, 0.15) is 30.9 Å². The van der Waals surface area contributed by atoms with Crippen molar-refractivity contribution in [3.63, 3.8) is 0 Å². The van der Waals surface area contributed by atoms with Crippen LogP contribution in [-0.2, 0) is 17.8 Å². The standard InChI is InChI=1S/C14H20N2O/c1-2-11-6-3-4-7-12(11)10-16-14(17)13-8-5-9-15-13/h3-4,6-7,13,15H,2,5,8-10H2,1H3,(H,16,17)/t13-/m1/s1. The first-order chi connectivity index (χ1) is 8.31. The van der Waals surface area contributed by atoms with E-state index in [0.29, 0.717) is 6.54 Å². The molecule has 1 aliphatic heterocycles. The minimum absolute atomic E-state index is 0.0174. The van der Waals surface area contributed by atoms with Crippen LogP contribution in [0, 0.1) is 0 Å². The molecule has 1 fully saturated rings. The van der Waals surface area contributed by atoms with Crippen LogP contribution in [0.3, 0.4) is 0 Å². The van der Waals surface area contributed by atoms with Gasteiger partial charge in [0.25, 0.3) is 0 Å². The third kappa shape index (κ3) is 3.07. The van der Waals surface area contributed by atoms with Crippen LogP contribution in [0.15, 0.2) is 24.3 Å². The fourth-order valence-corrected chi connectivity index (χ4v) is 2.29. The van der Waals surface area contributed by atoms with Crippen molar-refractivity contribution in [3.05, 3.63) is 35.4 Å². The van der Waals surface area contributed by atoms with Crippen molar-refractivity contribution in [2.45, 2.75) is 38.8 Å². The number of hydrogen-bond acceptors (Lipinski definition) is 2. The fraction of sp³-hybridized carbons (Fsp3) is 0.500. The van der Waals surface area contributed by atoms with Gasteiger partial charge in [0.1, 0.15) is 0 Å². The van der Waals surface area contributed by atoms with Gasteiger partial charge >= 0.3 is 0 Å². The molecule has 0 bridgehead atoms. The van der Waals surface area contributed by atoms with Gasteiger partial charge in [-0.15, -0.1) is 0 Å². The van der Waals surface area contributed by atoms with E-state index in [1.807, 2.05) is 12.1 Å². The molecule has 0 radical (unpaired) electrons. The normalized spacial score (nSPS) is 19.2. The Kier molecular flexibility index (Phi) is 4.15. The molecule has 2 rings (SSSR count). The number of carbonyl (C=O) groups excluding carboxylic acids is 1. The molecule has 1 aromatic carbocycles. The van der Waals surface area contributed by atoms with E-state index < -0.39 is 0 Å². The van der Waals surface area contributed by atoms with E-state index in [2.05, 4.69) is 29.7 Å². The van der Waals surface area contributed by atoms with Gasteiger partial charge in [0.2, 0.25) is 5.91 Å². The summed E-state index contributed by atoms with van der Waals surface area (Å²) in [5.41, 5.74) is 2.54. The maximum Gasteiger partial charge on any atom is 0.237 e. The second-order valence-corrected chi connectivity index (χ2v) is 4.49. The summed E-state index contributed by atoms with van der Waals surface area (Å²) in [6, 6.07) is 8.29. The summed E-state index contributed by atoms with van der Waals surface area (Å²) in [5.74, 6) is 0.133. The zero-order valence-corrected chi connectivity index (χ0v) is 10.3. The highest BCUT2D eigenvalue weighted by Gasteiger charge is 2.21. The number of carbonyl (C=O) groups is 1. The summed E-state index contributed by atoms with van der Waals surface area (Å²) in [6.07, 6.45) is 3.07. The average molecular weight is 232 g/mol. The van der Waals surface area contributed by atoms with E-state index in [-0.39, 0.29) is 11.9 Å². The highest BCUT2D eigenvalue weighted by atomic mass is 16.2. The lowest BCUT2D eigenvalue weighted by Crippen LogP contribution is -2.40. The Morgan fingerprint density at radius 3 is 2.82 bits per heavy atom. The number of rotatable bonds is 4. The van der Waals surface area contributed by atoms with Crippen LogP contribution in [0.2, 0.25) is 0 Å². The van der Waals surface area contributed by atoms with Crippen LogP contribution < -0.4 is 10.6 Å². The predicted molar refractivity (Wildman–Crippen MR) is 68.7 cm³/mol. The molecule has 0 spiro atoms. The number of benzene rings is 1. The van der Waals surface area contributed by atoms with Crippen molar-refractivity contribution in [3.8, 4) is 0 Å². The van der Waals surface area contributed by atoms with Crippen LogP contribution in [0.5, 0.6) is 0 Å². The molecule has 0 saturated carbocycles. The molecule has 92 valence electrons. The Balaban J connectivity index is 1.90. The quantitative estimate of drug-likeness (QED) is 0.828. The second-order valence-electron chi connectivity index (χ2n) is 4.49. The van der Waals surface area contributed by atoms with E-state index in [9.17, 15) is 4.79 Å². The first kappa shape index (κ1) is 12.1. The minimum atomic E-state index is 0.0174. The summed E-state index contributed by atoms with van der Waals surface area (Å²) in [7, 11) is 0. The zero-order chi connectivity index (χ0) is 12.1. The number of hydrogen-bond donors (Lipinski definition) is 2. The number of nitrogens with one attached hydrogen (secondary N) is 2. The van der Waals surface area contributed by atoms with Gasteiger partial charge < -0.3 is 10.6 Å². The second kappa shape index (κ2) is 5.82. The Hall–Kier alpha value is -1.35. The molecule has 0 aromatic heterocycles. The Morgan fingerprint density at radius 1 is 1.41 bits per heavy atom. The molecule has 1 saturated heterocycles. The molecule has 3 heteroatoms. The number of aryl methyl sites for hydroxylation is 1. The van der Waals surface area contributed by atoms with Gasteiger partial charge in [0.05, 0.1) is 6.04 Å². The molecule has 1 aromatic rings. The zero-order valence-electron chi connectivity index (χ0n) is 10.3. The van der Waals surface area contributed by atoms with Crippen molar-refractivity contribution in [1.29, 1.82) is 0 Å². The van der Waals surface area contributed by atoms with E-state index in [1.165, 1.54) is 11.1 Å². The van der Waals surface area contributed by atoms with E-state index in [0.717, 1.165) is 25.8 Å². The smallest absolute Gasteiger partial charge is 0.237 e. The van der Waals surface area contributed by atoms with Gasteiger partial charge in [0.15, 0.2) is 0 Å². The van der Waals surface area contributed by atoms with Crippen molar-refractivity contribution < 1.29 is 4.79 Å². The predicted octanol–water partition coefficient (Wildman–Crippen LogP) is 1.62. The fourth-order valence-electron chi connectivity index (χ4n) is 2.29. The molecule has 1 atom stereocenters. The molecule has 0 unspecified atom stereocenters. The first-order valence-electron chi connectivity index (χ1n) is 6.39. The molecule has 1 amide bonds. The summed E-state index contributed by atoms with van der Waals surface area (Å²) < 4.78 is 0. The highest BCUT2D eigenvalue weighted by molar-refractivity contribution is 5.82. The van der Waals surface area contributed by atoms with Gasteiger partial charge in [0, 0.05) is 6.54 Å². The SMILES string of the molecule is CCc1ccccc1CNC(=O)[C@H]1CCCN1. The van der Waals surface area contributed by atoms with Gasteiger partial charge in [-0.2, -0.15) is 0 Å². The van der Waals surface area contributed by atoms with Crippen LogP contribution >= 0.6 is 0 Å². The highest BCUT2D eigenvalue weighted by Crippen LogP contribution is 2.10. The lowest BCUT2D eigenvalue weighted by molar-refractivity contribution is -0.122. The van der Waals surface area contributed by atoms with Gasteiger partial charge in [-0.3, -0.25) is 4.79 Å². The minimum Gasteiger partial charge on any atom is -0.351 e.